The summed E-state index contributed by atoms with van der Waals surface area (Å²) in [4.78, 5) is 13.1. The fourth-order valence-electron chi connectivity index (χ4n) is 6.43. The summed E-state index contributed by atoms with van der Waals surface area (Å²) in [5.41, 5.74) is 2.98. The minimum atomic E-state index is -0.121. The summed E-state index contributed by atoms with van der Waals surface area (Å²) in [6, 6.07) is 8.49. The van der Waals surface area contributed by atoms with Crippen molar-refractivity contribution in [3.8, 4) is 0 Å². The molecule has 148 valence electrons. The van der Waals surface area contributed by atoms with E-state index in [0.717, 1.165) is 50.0 Å². The second kappa shape index (κ2) is 6.91. The maximum absolute atomic E-state index is 13.1. The molecule has 5 heteroatoms. The molecule has 2 aromatic rings. The lowest BCUT2D eigenvalue weighted by atomic mass is 9.53. The molecular weight excluding hydrogens is 370 g/mol. The van der Waals surface area contributed by atoms with Crippen LogP contribution in [0.1, 0.15) is 49.7 Å². The number of hydrogen-bond donors (Lipinski definition) is 1. The van der Waals surface area contributed by atoms with Gasteiger partial charge in [-0.1, -0.05) is 41.4 Å². The molecule has 1 aromatic heterocycles. The highest BCUT2D eigenvalue weighted by Gasteiger charge is 2.53. The third-order valence-electron chi connectivity index (χ3n) is 7.19. The standard InChI is InChI=1S/C23H28ClN3O/c1-15-3-2-4-16(7-15)5-6-25-20-14-26-27(22(28)21(20)24)23-11-17-8-18(12-23)10-19(9-17)13-23/h2-4,7,14,17-19,25H,5-6,8-13H2,1H3. The van der Waals surface area contributed by atoms with Crippen LogP contribution in [0.15, 0.2) is 35.3 Å². The Morgan fingerprint density at radius 2 is 1.86 bits per heavy atom. The number of hydrogen-bond acceptors (Lipinski definition) is 3. The number of aryl methyl sites for hydroxylation is 1. The van der Waals surface area contributed by atoms with Gasteiger partial charge in [-0.25, -0.2) is 4.68 Å². The molecule has 6 rings (SSSR count). The largest absolute Gasteiger partial charge is 0.382 e. The molecule has 0 unspecified atom stereocenters. The van der Waals surface area contributed by atoms with Gasteiger partial charge in [-0.15, -0.1) is 0 Å². The SMILES string of the molecule is Cc1cccc(CCNc2cnn(C34CC5CC(CC(C5)C3)C4)c(=O)c2Cl)c1. The van der Waals surface area contributed by atoms with Crippen LogP contribution >= 0.6 is 11.6 Å². The van der Waals surface area contributed by atoms with Gasteiger partial charge in [0.25, 0.3) is 5.56 Å². The van der Waals surface area contributed by atoms with Crippen molar-refractivity contribution in [1.82, 2.24) is 9.78 Å². The maximum atomic E-state index is 13.1. The Balaban J connectivity index is 1.34. The Morgan fingerprint density at radius 3 is 2.50 bits per heavy atom. The van der Waals surface area contributed by atoms with Crippen LogP contribution in [0.3, 0.4) is 0 Å². The first-order valence-electron chi connectivity index (χ1n) is 10.6. The summed E-state index contributed by atoms with van der Waals surface area (Å²) in [6.07, 6.45) is 9.99. The molecular formula is C23H28ClN3O. The zero-order valence-corrected chi connectivity index (χ0v) is 17.2. The molecule has 4 saturated carbocycles. The summed E-state index contributed by atoms with van der Waals surface area (Å²) in [5, 5.41) is 8.23. The van der Waals surface area contributed by atoms with E-state index in [1.165, 1.54) is 30.4 Å². The minimum absolute atomic E-state index is 0.0877. The second-order valence-electron chi connectivity index (χ2n) is 9.40. The van der Waals surface area contributed by atoms with E-state index < -0.39 is 0 Å². The van der Waals surface area contributed by atoms with Gasteiger partial charge in [0.2, 0.25) is 0 Å². The summed E-state index contributed by atoms with van der Waals surface area (Å²) in [7, 11) is 0. The van der Waals surface area contributed by atoms with Crippen molar-refractivity contribution in [2.45, 2.75) is 57.4 Å². The normalized spacial score (nSPS) is 30.6. The lowest BCUT2D eigenvalue weighted by molar-refractivity contribution is -0.0518. The van der Waals surface area contributed by atoms with Gasteiger partial charge < -0.3 is 5.32 Å². The Bertz CT molecular complexity index is 916. The Kier molecular flexibility index (Phi) is 4.50. The molecule has 0 radical (unpaired) electrons. The van der Waals surface area contributed by atoms with E-state index in [9.17, 15) is 4.79 Å². The molecule has 4 aliphatic carbocycles. The van der Waals surface area contributed by atoms with Gasteiger partial charge >= 0.3 is 0 Å². The van der Waals surface area contributed by atoms with Crippen molar-refractivity contribution < 1.29 is 0 Å². The average molecular weight is 398 g/mol. The summed E-state index contributed by atoms with van der Waals surface area (Å²) in [5.74, 6) is 2.31. The van der Waals surface area contributed by atoms with E-state index in [0.29, 0.717) is 5.69 Å². The molecule has 1 heterocycles. The third kappa shape index (κ3) is 3.16. The molecule has 4 nitrogen and oxygen atoms in total. The topological polar surface area (TPSA) is 46.9 Å². The van der Waals surface area contributed by atoms with Gasteiger partial charge in [0.15, 0.2) is 0 Å². The number of aromatic nitrogens is 2. The van der Waals surface area contributed by atoms with Crippen LogP contribution in [-0.4, -0.2) is 16.3 Å². The number of halogens is 1. The van der Waals surface area contributed by atoms with Crippen molar-refractivity contribution in [3.63, 3.8) is 0 Å². The first kappa shape index (κ1) is 18.2. The summed E-state index contributed by atoms with van der Waals surface area (Å²) in [6.45, 7) is 2.83. The minimum Gasteiger partial charge on any atom is -0.382 e. The first-order chi connectivity index (χ1) is 13.5. The molecule has 1 aromatic carbocycles. The molecule has 4 aliphatic rings. The van der Waals surface area contributed by atoms with E-state index in [1.54, 1.807) is 10.9 Å². The summed E-state index contributed by atoms with van der Waals surface area (Å²) < 4.78 is 1.76. The lowest BCUT2D eigenvalue weighted by Crippen LogP contribution is -2.55. The van der Waals surface area contributed by atoms with E-state index in [1.807, 2.05) is 0 Å². The predicted octanol–water partition coefficient (Wildman–Crippen LogP) is 4.79. The van der Waals surface area contributed by atoms with E-state index in [-0.39, 0.29) is 16.1 Å². The lowest BCUT2D eigenvalue weighted by Gasteiger charge is -2.56. The molecule has 0 saturated heterocycles. The predicted molar refractivity (Wildman–Crippen MR) is 113 cm³/mol. The molecule has 0 amide bonds. The van der Waals surface area contributed by atoms with Crippen molar-refractivity contribution in [2.24, 2.45) is 17.8 Å². The molecule has 4 fully saturated rings. The number of nitrogens with one attached hydrogen (secondary N) is 1. The van der Waals surface area contributed by atoms with Gasteiger partial charge in [0.1, 0.15) is 5.02 Å². The van der Waals surface area contributed by atoms with Crippen LogP contribution < -0.4 is 10.9 Å². The van der Waals surface area contributed by atoms with Crippen LogP contribution in [0.5, 0.6) is 0 Å². The Labute approximate surface area is 171 Å². The zero-order valence-electron chi connectivity index (χ0n) is 16.5. The second-order valence-corrected chi connectivity index (χ2v) is 9.77. The highest BCUT2D eigenvalue weighted by molar-refractivity contribution is 6.32. The van der Waals surface area contributed by atoms with Crippen LogP contribution in [0.25, 0.3) is 0 Å². The fraction of sp³-hybridized carbons (Fsp3) is 0.565. The van der Waals surface area contributed by atoms with Gasteiger partial charge in [0.05, 0.1) is 17.4 Å². The number of anilines is 1. The molecule has 1 N–H and O–H groups in total. The van der Waals surface area contributed by atoms with Crippen molar-refractivity contribution in [2.75, 3.05) is 11.9 Å². The number of benzene rings is 1. The Morgan fingerprint density at radius 1 is 1.18 bits per heavy atom. The first-order valence-corrected chi connectivity index (χ1v) is 11.0. The van der Waals surface area contributed by atoms with E-state index in [4.69, 9.17) is 11.6 Å². The monoisotopic (exact) mass is 397 g/mol. The van der Waals surface area contributed by atoms with E-state index in [2.05, 4.69) is 41.6 Å². The van der Waals surface area contributed by atoms with Gasteiger partial charge in [-0.05, 0) is 75.2 Å². The zero-order chi connectivity index (χ0) is 19.3. The van der Waals surface area contributed by atoms with Crippen molar-refractivity contribution in [1.29, 1.82) is 0 Å². The Hall–Kier alpha value is -1.81. The van der Waals surface area contributed by atoms with E-state index >= 15 is 0 Å². The molecule has 28 heavy (non-hydrogen) atoms. The molecule has 0 aliphatic heterocycles. The van der Waals surface area contributed by atoms with Crippen LogP contribution in [0.2, 0.25) is 5.02 Å². The quantitative estimate of drug-likeness (QED) is 0.789. The van der Waals surface area contributed by atoms with Gasteiger partial charge in [-0.3, -0.25) is 4.79 Å². The number of nitrogens with zero attached hydrogens (tertiary/aromatic N) is 2. The van der Waals surface area contributed by atoms with Gasteiger partial charge in [0, 0.05) is 6.54 Å². The highest BCUT2D eigenvalue weighted by atomic mass is 35.5. The van der Waals surface area contributed by atoms with Crippen molar-refractivity contribution in [3.05, 3.63) is 57.0 Å². The number of rotatable bonds is 5. The van der Waals surface area contributed by atoms with Crippen LogP contribution in [0, 0.1) is 24.7 Å². The smallest absolute Gasteiger partial charge is 0.288 e. The highest BCUT2D eigenvalue weighted by Crippen LogP contribution is 2.58. The molecule has 0 spiro atoms. The molecule has 4 bridgehead atoms. The van der Waals surface area contributed by atoms with Crippen LogP contribution in [0.4, 0.5) is 5.69 Å². The third-order valence-corrected chi connectivity index (χ3v) is 7.55. The van der Waals surface area contributed by atoms with Gasteiger partial charge in [-0.2, -0.15) is 5.10 Å². The molecule has 0 atom stereocenters. The van der Waals surface area contributed by atoms with Crippen LogP contribution in [-0.2, 0) is 12.0 Å². The summed E-state index contributed by atoms with van der Waals surface area (Å²) >= 11 is 6.51. The van der Waals surface area contributed by atoms with Crippen molar-refractivity contribution >= 4 is 17.3 Å². The average Bonchev–Trinajstić information content (AvgIpc) is 2.64. The maximum Gasteiger partial charge on any atom is 0.288 e. The fourth-order valence-corrected chi connectivity index (χ4v) is 6.62.